The van der Waals surface area contributed by atoms with Crippen molar-refractivity contribution >= 4 is 17.9 Å². The summed E-state index contributed by atoms with van der Waals surface area (Å²) < 4.78 is 16.9. The van der Waals surface area contributed by atoms with E-state index >= 15 is 0 Å². The van der Waals surface area contributed by atoms with Crippen LogP contribution in [-0.4, -0.2) is 37.2 Å². The molecule has 0 fully saturated rings. The summed E-state index contributed by atoms with van der Waals surface area (Å²) in [6.07, 6.45) is 55.2. The zero-order valence-electron chi connectivity index (χ0n) is 43.0. The summed E-state index contributed by atoms with van der Waals surface area (Å²) in [4.78, 5) is 38.0. The van der Waals surface area contributed by atoms with Gasteiger partial charge in [-0.1, -0.05) is 285 Å². The Morgan fingerprint density at radius 3 is 0.778 bits per heavy atom. The van der Waals surface area contributed by atoms with Crippen LogP contribution in [0.25, 0.3) is 0 Å². The highest BCUT2D eigenvalue weighted by molar-refractivity contribution is 5.71. The minimum absolute atomic E-state index is 0.0623. The Morgan fingerprint density at radius 2 is 0.524 bits per heavy atom. The molecule has 0 bridgehead atoms. The van der Waals surface area contributed by atoms with Gasteiger partial charge in [0.1, 0.15) is 13.2 Å². The SMILES string of the molecule is CCCCCCCCCCCCCCCCCCCCCC(=O)O[C@H](COC(=O)CCCCCCCCCCCC)COC(=O)CCCCCCCCCCCCCCCC(C)C. The number of ether oxygens (including phenoxy) is 3. The Kier molecular flexibility index (Phi) is 50.1. The first-order chi connectivity index (χ1) is 30.9. The molecule has 63 heavy (non-hydrogen) atoms. The van der Waals surface area contributed by atoms with Gasteiger partial charge in [0.15, 0.2) is 6.10 Å². The number of hydrogen-bond donors (Lipinski definition) is 0. The third kappa shape index (κ3) is 51.3. The average molecular weight is 892 g/mol. The Balaban J connectivity index is 4.24. The smallest absolute Gasteiger partial charge is 0.306 e. The molecule has 0 radical (unpaired) electrons. The third-order valence-corrected chi connectivity index (χ3v) is 13.0. The Labute approximate surface area is 393 Å². The lowest BCUT2D eigenvalue weighted by Gasteiger charge is -2.18. The second-order valence-electron chi connectivity index (χ2n) is 20.1. The van der Waals surface area contributed by atoms with Crippen molar-refractivity contribution < 1.29 is 28.6 Å². The minimum atomic E-state index is -0.761. The van der Waals surface area contributed by atoms with E-state index in [1.54, 1.807) is 0 Å². The molecule has 0 aromatic rings. The summed E-state index contributed by atoms with van der Waals surface area (Å²) in [6, 6.07) is 0. The van der Waals surface area contributed by atoms with Crippen molar-refractivity contribution in [3.05, 3.63) is 0 Å². The first-order valence-corrected chi connectivity index (χ1v) is 28.4. The van der Waals surface area contributed by atoms with E-state index in [1.165, 1.54) is 218 Å². The second-order valence-corrected chi connectivity index (χ2v) is 20.1. The first-order valence-electron chi connectivity index (χ1n) is 28.4. The van der Waals surface area contributed by atoms with E-state index in [-0.39, 0.29) is 31.1 Å². The molecule has 6 heteroatoms. The molecule has 374 valence electrons. The van der Waals surface area contributed by atoms with E-state index < -0.39 is 6.10 Å². The Hall–Kier alpha value is -1.59. The van der Waals surface area contributed by atoms with Crippen molar-refractivity contribution in [2.75, 3.05) is 13.2 Å². The third-order valence-electron chi connectivity index (χ3n) is 13.0. The first kappa shape index (κ1) is 61.4. The molecule has 0 unspecified atom stereocenters. The predicted molar refractivity (Wildman–Crippen MR) is 270 cm³/mol. The molecule has 0 heterocycles. The van der Waals surface area contributed by atoms with Crippen LogP contribution in [0.5, 0.6) is 0 Å². The van der Waals surface area contributed by atoms with Gasteiger partial charge in [-0.3, -0.25) is 14.4 Å². The van der Waals surface area contributed by atoms with Crippen LogP contribution in [0.15, 0.2) is 0 Å². The van der Waals surface area contributed by atoms with E-state index in [4.69, 9.17) is 14.2 Å². The lowest BCUT2D eigenvalue weighted by molar-refractivity contribution is -0.167. The van der Waals surface area contributed by atoms with Crippen molar-refractivity contribution in [3.8, 4) is 0 Å². The van der Waals surface area contributed by atoms with Gasteiger partial charge in [0, 0.05) is 19.3 Å². The van der Waals surface area contributed by atoms with Gasteiger partial charge < -0.3 is 14.2 Å². The quantitative estimate of drug-likeness (QED) is 0.0344. The van der Waals surface area contributed by atoms with Gasteiger partial charge in [-0.2, -0.15) is 0 Å². The van der Waals surface area contributed by atoms with Crippen molar-refractivity contribution in [1.82, 2.24) is 0 Å². The summed E-state index contributed by atoms with van der Waals surface area (Å²) in [6.45, 7) is 9.04. The molecule has 0 aliphatic carbocycles. The lowest BCUT2D eigenvalue weighted by Crippen LogP contribution is -2.30. The molecular formula is C57H110O6. The van der Waals surface area contributed by atoms with Crippen molar-refractivity contribution in [3.63, 3.8) is 0 Å². The molecule has 0 saturated carbocycles. The van der Waals surface area contributed by atoms with Crippen molar-refractivity contribution in [1.29, 1.82) is 0 Å². The van der Waals surface area contributed by atoms with Crippen molar-refractivity contribution in [2.24, 2.45) is 5.92 Å². The fourth-order valence-electron chi connectivity index (χ4n) is 8.75. The van der Waals surface area contributed by atoms with E-state index in [0.29, 0.717) is 19.3 Å². The standard InChI is InChI=1S/C57H110O6/c1-5-7-9-11-13-15-17-18-19-20-21-22-23-26-30-34-38-42-46-50-57(60)63-54(51-61-55(58)48-44-40-36-32-16-14-12-10-8-6-2)52-62-56(59)49-45-41-37-33-29-27-24-25-28-31-35-39-43-47-53(3)4/h53-54H,5-52H2,1-4H3/t54-/m1/s1. The van der Waals surface area contributed by atoms with Gasteiger partial charge in [0.25, 0.3) is 0 Å². The maximum absolute atomic E-state index is 12.8. The highest BCUT2D eigenvalue weighted by Crippen LogP contribution is 2.18. The average Bonchev–Trinajstić information content (AvgIpc) is 3.27. The van der Waals surface area contributed by atoms with E-state index in [2.05, 4.69) is 27.7 Å². The monoisotopic (exact) mass is 891 g/mol. The number of carbonyl (C=O) groups is 3. The van der Waals surface area contributed by atoms with E-state index in [0.717, 1.165) is 63.7 Å². The summed E-state index contributed by atoms with van der Waals surface area (Å²) in [5.41, 5.74) is 0. The van der Waals surface area contributed by atoms with Crippen LogP contribution in [0.1, 0.15) is 323 Å². The normalized spacial score (nSPS) is 12.0. The van der Waals surface area contributed by atoms with Crippen LogP contribution in [-0.2, 0) is 28.6 Å². The molecule has 0 aromatic carbocycles. The molecule has 1 atom stereocenters. The highest BCUT2D eigenvalue weighted by Gasteiger charge is 2.19. The van der Waals surface area contributed by atoms with Crippen molar-refractivity contribution in [2.45, 2.75) is 329 Å². The van der Waals surface area contributed by atoms with Gasteiger partial charge in [-0.05, 0) is 25.2 Å². The van der Waals surface area contributed by atoms with E-state index in [9.17, 15) is 14.4 Å². The molecule has 0 aromatic heterocycles. The number of esters is 3. The molecule has 0 aliphatic heterocycles. The number of carbonyl (C=O) groups excluding carboxylic acids is 3. The second kappa shape index (κ2) is 51.4. The number of hydrogen-bond acceptors (Lipinski definition) is 6. The highest BCUT2D eigenvalue weighted by atomic mass is 16.6. The van der Waals surface area contributed by atoms with Gasteiger partial charge >= 0.3 is 17.9 Å². The molecule has 0 rings (SSSR count). The van der Waals surface area contributed by atoms with Gasteiger partial charge in [-0.25, -0.2) is 0 Å². The van der Waals surface area contributed by atoms with Crippen LogP contribution < -0.4 is 0 Å². The molecule has 0 aliphatic rings. The summed E-state index contributed by atoms with van der Waals surface area (Å²) in [5.74, 6) is 0.000454. The largest absolute Gasteiger partial charge is 0.462 e. The number of unbranched alkanes of at least 4 members (excludes halogenated alkanes) is 39. The molecule has 0 N–H and O–H groups in total. The fourth-order valence-corrected chi connectivity index (χ4v) is 8.75. The minimum Gasteiger partial charge on any atom is -0.462 e. The van der Waals surface area contributed by atoms with E-state index in [1.807, 2.05) is 0 Å². The fraction of sp³-hybridized carbons (Fsp3) is 0.947. The maximum Gasteiger partial charge on any atom is 0.306 e. The van der Waals surface area contributed by atoms with Gasteiger partial charge in [0.05, 0.1) is 0 Å². The molecule has 6 nitrogen and oxygen atoms in total. The molecular weight excluding hydrogens is 781 g/mol. The Bertz CT molecular complexity index is 949. The van der Waals surface area contributed by atoms with Gasteiger partial charge in [-0.15, -0.1) is 0 Å². The number of rotatable bonds is 52. The van der Waals surface area contributed by atoms with Crippen LogP contribution in [0.3, 0.4) is 0 Å². The van der Waals surface area contributed by atoms with Crippen LogP contribution in [0.4, 0.5) is 0 Å². The van der Waals surface area contributed by atoms with Crippen LogP contribution >= 0.6 is 0 Å². The zero-order valence-corrected chi connectivity index (χ0v) is 43.0. The van der Waals surface area contributed by atoms with Crippen LogP contribution in [0, 0.1) is 5.92 Å². The lowest BCUT2D eigenvalue weighted by atomic mass is 10.0. The summed E-state index contributed by atoms with van der Waals surface area (Å²) >= 11 is 0. The zero-order chi connectivity index (χ0) is 45.9. The summed E-state index contributed by atoms with van der Waals surface area (Å²) in [5, 5.41) is 0. The maximum atomic E-state index is 12.8. The van der Waals surface area contributed by atoms with Gasteiger partial charge in [0.2, 0.25) is 0 Å². The summed E-state index contributed by atoms with van der Waals surface area (Å²) in [7, 11) is 0. The Morgan fingerprint density at radius 1 is 0.302 bits per heavy atom. The molecule has 0 saturated heterocycles. The van der Waals surface area contributed by atoms with Crippen LogP contribution in [0.2, 0.25) is 0 Å². The predicted octanol–water partition coefficient (Wildman–Crippen LogP) is 18.6. The molecule has 0 spiro atoms. The molecule has 0 amide bonds. The topological polar surface area (TPSA) is 78.9 Å².